The van der Waals surface area contributed by atoms with Crippen LogP contribution in [0.4, 0.5) is 11.4 Å². The lowest BCUT2D eigenvalue weighted by Gasteiger charge is -2.26. The summed E-state index contributed by atoms with van der Waals surface area (Å²) in [6.07, 6.45) is 2.25. The van der Waals surface area contributed by atoms with E-state index in [0.717, 1.165) is 35.3 Å². The number of H-pyrrole nitrogens is 1. The number of hydrogen-bond donors (Lipinski definition) is 2. The van der Waals surface area contributed by atoms with E-state index in [-0.39, 0.29) is 12.3 Å². The highest BCUT2D eigenvalue weighted by Gasteiger charge is 2.32. The zero-order valence-corrected chi connectivity index (χ0v) is 22.7. The van der Waals surface area contributed by atoms with Gasteiger partial charge in [0.1, 0.15) is 17.1 Å². The number of aryl methyl sites for hydroxylation is 3. The number of rotatable bonds is 8. The molecule has 2 N–H and O–H groups in total. The summed E-state index contributed by atoms with van der Waals surface area (Å²) >= 11 is 0. The second-order valence-corrected chi connectivity index (χ2v) is 10.2. The van der Waals surface area contributed by atoms with Crippen molar-refractivity contribution in [2.75, 3.05) is 11.5 Å². The van der Waals surface area contributed by atoms with Crippen molar-refractivity contribution in [3.63, 3.8) is 0 Å². The van der Waals surface area contributed by atoms with E-state index in [4.69, 9.17) is 9.26 Å². The van der Waals surface area contributed by atoms with Crippen LogP contribution < -0.4 is 10.7 Å². The molecule has 1 aliphatic rings. The number of aromatic amines is 1. The van der Waals surface area contributed by atoms with Crippen molar-refractivity contribution in [1.82, 2.24) is 19.7 Å². The van der Waals surface area contributed by atoms with Crippen LogP contribution in [0.1, 0.15) is 72.2 Å². The van der Waals surface area contributed by atoms with E-state index >= 15 is 0 Å². The Morgan fingerprint density at radius 1 is 1.10 bits per heavy atom. The van der Waals surface area contributed by atoms with Crippen LogP contribution in [-0.2, 0) is 42.7 Å². The molecular formula is C29H33N5O5. The third-order valence-electron chi connectivity index (χ3n) is 6.93. The number of hydrogen-bond acceptors (Lipinski definition) is 8. The van der Waals surface area contributed by atoms with E-state index in [9.17, 15) is 14.7 Å². The van der Waals surface area contributed by atoms with Crippen LogP contribution in [0.2, 0.25) is 0 Å². The van der Waals surface area contributed by atoms with Gasteiger partial charge in [0, 0.05) is 24.3 Å². The molecule has 0 radical (unpaired) electrons. The molecule has 5 rings (SSSR count). The predicted molar refractivity (Wildman–Crippen MR) is 145 cm³/mol. The average Bonchev–Trinajstić information content (AvgIpc) is 3.45. The molecule has 3 heterocycles. The normalized spacial score (nSPS) is 13.1. The number of fused-ring (bicyclic) bond motifs is 2. The molecule has 2 aromatic carbocycles. The van der Waals surface area contributed by atoms with E-state index in [2.05, 4.69) is 44.3 Å². The Bertz CT molecular complexity index is 1560. The first-order valence-corrected chi connectivity index (χ1v) is 13.2. The van der Waals surface area contributed by atoms with Gasteiger partial charge in [0.25, 0.3) is 0 Å². The summed E-state index contributed by atoms with van der Waals surface area (Å²) in [4.78, 5) is 34.1. The van der Waals surface area contributed by atoms with Crippen molar-refractivity contribution in [2.45, 2.75) is 65.6 Å². The zero-order valence-electron chi connectivity index (χ0n) is 22.7. The van der Waals surface area contributed by atoms with Crippen LogP contribution >= 0.6 is 0 Å². The molecule has 0 spiro atoms. The van der Waals surface area contributed by atoms with Crippen molar-refractivity contribution in [1.29, 1.82) is 0 Å². The first-order valence-electron chi connectivity index (χ1n) is 13.2. The lowest BCUT2D eigenvalue weighted by Crippen LogP contribution is -2.23. The number of esters is 1. The molecular weight excluding hydrogens is 498 g/mol. The predicted octanol–water partition coefficient (Wildman–Crippen LogP) is 4.01. The van der Waals surface area contributed by atoms with E-state index in [1.54, 1.807) is 20.8 Å². The van der Waals surface area contributed by atoms with E-state index in [0.29, 0.717) is 36.9 Å². The van der Waals surface area contributed by atoms with Gasteiger partial charge in [-0.25, -0.2) is 14.6 Å². The minimum atomic E-state index is -1.31. The number of nitrogens with zero attached hydrogens (tertiary/aromatic N) is 4. The molecule has 0 saturated heterocycles. The molecule has 204 valence electrons. The topological polar surface area (TPSA) is 126 Å². The number of carbonyl (C=O) groups is 1. The van der Waals surface area contributed by atoms with Crippen LogP contribution in [0, 0.1) is 0 Å². The van der Waals surface area contributed by atoms with Gasteiger partial charge in [0.15, 0.2) is 11.5 Å². The van der Waals surface area contributed by atoms with Gasteiger partial charge in [-0.3, -0.25) is 9.51 Å². The smallest absolute Gasteiger partial charge is 0.438 e. The van der Waals surface area contributed by atoms with Crippen LogP contribution in [0.15, 0.2) is 51.8 Å². The monoisotopic (exact) mass is 531 g/mol. The maximum atomic E-state index is 13.0. The van der Waals surface area contributed by atoms with Gasteiger partial charge < -0.3 is 19.3 Å². The SMILES string of the molecule is CCOC(=O)c1c(C(C)(C)O)nc(CC)n1Cc1ccc2c(c1)CCc1ccccc1N2Cc1noc(=O)[nH]1. The van der Waals surface area contributed by atoms with Gasteiger partial charge in [-0.2, -0.15) is 0 Å². The molecule has 4 aromatic rings. The summed E-state index contributed by atoms with van der Waals surface area (Å²) in [6, 6.07) is 14.5. The number of para-hydroxylation sites is 1. The molecule has 0 unspecified atom stereocenters. The maximum absolute atomic E-state index is 13.0. The Morgan fingerprint density at radius 2 is 1.85 bits per heavy atom. The summed E-state index contributed by atoms with van der Waals surface area (Å²) in [6.45, 7) is 7.95. The lowest BCUT2D eigenvalue weighted by molar-refractivity contribution is 0.0469. The number of nitrogens with one attached hydrogen (secondary N) is 1. The minimum absolute atomic E-state index is 0.225. The Morgan fingerprint density at radius 3 is 2.54 bits per heavy atom. The lowest BCUT2D eigenvalue weighted by atomic mass is 10.0. The fourth-order valence-electron chi connectivity index (χ4n) is 5.19. The van der Waals surface area contributed by atoms with Crippen molar-refractivity contribution < 1.29 is 19.2 Å². The Labute approximate surface area is 226 Å². The van der Waals surface area contributed by atoms with Gasteiger partial charge in [0.05, 0.1) is 13.2 Å². The summed E-state index contributed by atoms with van der Waals surface area (Å²) in [5, 5.41) is 14.7. The number of aliphatic hydroxyl groups is 1. The van der Waals surface area contributed by atoms with Gasteiger partial charge >= 0.3 is 11.7 Å². The van der Waals surface area contributed by atoms with Gasteiger partial charge in [0.2, 0.25) is 0 Å². The van der Waals surface area contributed by atoms with Crippen molar-refractivity contribution in [3.8, 4) is 0 Å². The summed E-state index contributed by atoms with van der Waals surface area (Å²) in [5.41, 5.74) is 4.67. The third-order valence-corrected chi connectivity index (χ3v) is 6.93. The molecule has 0 fully saturated rings. The molecule has 10 heteroatoms. The quantitative estimate of drug-likeness (QED) is 0.327. The molecule has 0 amide bonds. The second-order valence-electron chi connectivity index (χ2n) is 10.2. The molecule has 1 aliphatic heterocycles. The van der Waals surface area contributed by atoms with Crippen LogP contribution in [0.25, 0.3) is 0 Å². The average molecular weight is 532 g/mol. The standard InChI is InChI=1S/C29H33N5O5/c1-5-24-31-26(29(3,4)37)25(27(35)38-6-2)34(24)16-18-11-14-22-20(15-18)13-12-19-9-7-8-10-21(19)33(22)17-23-30-28(36)39-32-23/h7-11,14-15,37H,5-6,12-13,16-17H2,1-4H3,(H,30,32,36). The van der Waals surface area contributed by atoms with Crippen molar-refractivity contribution in [3.05, 3.63) is 92.7 Å². The summed E-state index contributed by atoms with van der Waals surface area (Å²) < 4.78 is 12.0. The number of imidazole rings is 1. The molecule has 39 heavy (non-hydrogen) atoms. The molecule has 0 atom stereocenters. The zero-order chi connectivity index (χ0) is 27.7. The highest BCUT2D eigenvalue weighted by molar-refractivity contribution is 5.89. The Balaban J connectivity index is 1.56. The minimum Gasteiger partial charge on any atom is -0.461 e. The van der Waals surface area contributed by atoms with Gasteiger partial charge in [-0.1, -0.05) is 42.4 Å². The Hall–Kier alpha value is -4.18. The van der Waals surface area contributed by atoms with E-state index in [1.165, 1.54) is 5.56 Å². The van der Waals surface area contributed by atoms with Crippen LogP contribution in [0.3, 0.4) is 0 Å². The summed E-state index contributed by atoms with van der Waals surface area (Å²) in [5.74, 6) is 0.0588. The molecule has 0 aliphatic carbocycles. The second kappa shape index (κ2) is 10.5. The molecule has 2 aromatic heterocycles. The third kappa shape index (κ3) is 5.24. The summed E-state index contributed by atoms with van der Waals surface area (Å²) in [7, 11) is 0. The van der Waals surface area contributed by atoms with E-state index < -0.39 is 17.3 Å². The number of carbonyl (C=O) groups excluding carboxylic acids is 1. The van der Waals surface area contributed by atoms with Crippen molar-refractivity contribution >= 4 is 17.3 Å². The first-order chi connectivity index (χ1) is 18.7. The molecule has 10 nitrogen and oxygen atoms in total. The molecule has 0 saturated carbocycles. The van der Waals surface area contributed by atoms with E-state index in [1.807, 2.05) is 29.7 Å². The van der Waals surface area contributed by atoms with Crippen LogP contribution in [-0.4, -0.2) is 37.4 Å². The highest BCUT2D eigenvalue weighted by atomic mass is 16.5. The fourth-order valence-corrected chi connectivity index (χ4v) is 5.19. The fraction of sp³-hybridized carbons (Fsp3) is 0.379. The largest absolute Gasteiger partial charge is 0.461 e. The van der Waals surface area contributed by atoms with Crippen LogP contribution in [0.5, 0.6) is 0 Å². The number of anilines is 2. The number of ether oxygens (including phenoxy) is 1. The highest BCUT2D eigenvalue weighted by Crippen LogP contribution is 2.37. The first kappa shape index (κ1) is 26.4. The van der Waals surface area contributed by atoms with Gasteiger partial charge in [-0.05, 0) is 62.4 Å². The number of benzene rings is 2. The van der Waals surface area contributed by atoms with Gasteiger partial charge in [-0.15, -0.1) is 0 Å². The number of aromatic nitrogens is 4. The Kier molecular flexibility index (Phi) is 7.14. The molecule has 0 bridgehead atoms. The van der Waals surface area contributed by atoms with Crippen molar-refractivity contribution in [2.24, 2.45) is 0 Å². The maximum Gasteiger partial charge on any atom is 0.438 e.